The zero-order valence-electron chi connectivity index (χ0n) is 19.5. The van der Waals surface area contributed by atoms with Crippen molar-refractivity contribution in [2.75, 3.05) is 17.2 Å². The molecule has 188 valence electrons. The van der Waals surface area contributed by atoms with E-state index >= 15 is 0 Å². The highest BCUT2D eigenvalue weighted by Crippen LogP contribution is 2.27. The molecule has 0 amide bonds. The van der Waals surface area contributed by atoms with Crippen LogP contribution in [-0.4, -0.2) is 38.6 Å². The van der Waals surface area contributed by atoms with E-state index in [2.05, 4.69) is 36.0 Å². The van der Waals surface area contributed by atoms with Crippen LogP contribution in [0.3, 0.4) is 0 Å². The molecule has 1 saturated carbocycles. The average Bonchev–Trinajstić information content (AvgIpc) is 3.71. The maximum atomic E-state index is 12.2. The first-order valence-corrected chi connectivity index (χ1v) is 14.2. The molecule has 0 aliphatic heterocycles. The number of aryl methyl sites for hydroxylation is 1. The summed E-state index contributed by atoms with van der Waals surface area (Å²) in [5.41, 5.74) is 3.07. The van der Waals surface area contributed by atoms with Crippen LogP contribution in [0.1, 0.15) is 24.0 Å². The monoisotopic (exact) mass is 526 g/mol. The number of hydrogen-bond donors (Lipinski definition) is 4. The molecule has 36 heavy (non-hydrogen) atoms. The van der Waals surface area contributed by atoms with Crippen LogP contribution in [0.4, 0.5) is 23.1 Å². The molecule has 0 spiro atoms. The van der Waals surface area contributed by atoms with Gasteiger partial charge in [-0.2, -0.15) is 9.71 Å². The van der Waals surface area contributed by atoms with Crippen molar-refractivity contribution in [3.05, 3.63) is 65.9 Å². The largest absolute Gasteiger partial charge is 0.340 e. The number of hydrogen-bond acceptors (Lipinski definition) is 8. The van der Waals surface area contributed by atoms with Gasteiger partial charge in [0.2, 0.25) is 26.0 Å². The van der Waals surface area contributed by atoms with Gasteiger partial charge in [-0.15, -0.1) is 6.42 Å². The molecule has 10 nitrogen and oxygen atoms in total. The van der Waals surface area contributed by atoms with Crippen molar-refractivity contribution in [1.29, 1.82) is 0 Å². The zero-order chi connectivity index (χ0) is 25.8. The van der Waals surface area contributed by atoms with Gasteiger partial charge in [-0.25, -0.2) is 26.5 Å². The Morgan fingerprint density at radius 2 is 1.58 bits per heavy atom. The molecule has 1 aromatic heterocycles. The summed E-state index contributed by atoms with van der Waals surface area (Å²) in [6.45, 7) is 2.03. The van der Waals surface area contributed by atoms with Crippen molar-refractivity contribution in [3.63, 3.8) is 0 Å². The van der Waals surface area contributed by atoms with Crippen LogP contribution in [-0.2, 0) is 26.6 Å². The lowest BCUT2D eigenvalue weighted by atomic mass is 10.2. The molecule has 4 N–H and O–H groups in total. The van der Waals surface area contributed by atoms with Gasteiger partial charge in [-0.05, 0) is 61.7 Å². The molecule has 4 rings (SSSR count). The quantitative estimate of drug-likeness (QED) is 0.280. The molecular formula is C24H26N6O4S2. The van der Waals surface area contributed by atoms with Gasteiger partial charge in [0, 0.05) is 29.7 Å². The number of sulfonamides is 2. The predicted octanol–water partition coefficient (Wildman–Crippen LogP) is 2.77. The van der Waals surface area contributed by atoms with E-state index in [9.17, 15) is 16.8 Å². The fourth-order valence-electron chi connectivity index (χ4n) is 3.22. The highest BCUT2D eigenvalue weighted by atomic mass is 32.2. The van der Waals surface area contributed by atoms with Crippen molar-refractivity contribution in [3.8, 4) is 12.3 Å². The summed E-state index contributed by atoms with van der Waals surface area (Å²) in [6, 6.07) is 13.5. The zero-order valence-corrected chi connectivity index (χ0v) is 21.2. The highest BCUT2D eigenvalue weighted by molar-refractivity contribution is 7.90. The van der Waals surface area contributed by atoms with Gasteiger partial charge in [0.15, 0.2) is 0 Å². The van der Waals surface area contributed by atoms with Gasteiger partial charge in [0.05, 0.1) is 16.7 Å². The molecule has 0 radical (unpaired) electrons. The van der Waals surface area contributed by atoms with Crippen LogP contribution < -0.4 is 20.1 Å². The Kier molecular flexibility index (Phi) is 7.56. The Labute approximate surface area is 211 Å². The highest BCUT2D eigenvalue weighted by Gasteiger charge is 2.35. The van der Waals surface area contributed by atoms with E-state index in [1.54, 1.807) is 18.3 Å². The maximum Gasteiger partial charge on any atom is 0.241 e. The molecule has 12 heteroatoms. The van der Waals surface area contributed by atoms with Gasteiger partial charge < -0.3 is 10.6 Å². The van der Waals surface area contributed by atoms with E-state index in [1.807, 2.05) is 31.2 Å². The van der Waals surface area contributed by atoms with Crippen molar-refractivity contribution in [2.24, 2.45) is 0 Å². The van der Waals surface area contributed by atoms with Gasteiger partial charge in [-0.1, -0.05) is 18.1 Å². The first kappa shape index (κ1) is 25.6. The Bertz CT molecular complexity index is 1480. The summed E-state index contributed by atoms with van der Waals surface area (Å²) < 4.78 is 53.3. The Balaban J connectivity index is 1.39. The second kappa shape index (κ2) is 10.6. The average molecular weight is 527 g/mol. The molecule has 3 aromatic rings. The standard InChI is InChI=1S/C24H26N6O4S2/c1-3-14-26-35(31,32)21-10-8-20(9-11-21)29-24-25-15-17(2)23(30-24)28-19-6-4-18(5-7-19)16-27-36(33,34)22-12-13-22/h1,4-11,15,22,26-27H,12-14,16H2,2H3,(H2,25,28,29,30). The minimum atomic E-state index is -3.67. The molecule has 0 atom stereocenters. The van der Waals surface area contributed by atoms with E-state index in [4.69, 9.17) is 6.42 Å². The third-order valence-electron chi connectivity index (χ3n) is 5.41. The Hall–Kier alpha value is -3.50. The number of nitrogens with zero attached hydrogens (tertiary/aromatic N) is 2. The minimum absolute atomic E-state index is 0.0860. The van der Waals surface area contributed by atoms with Gasteiger partial charge >= 0.3 is 0 Å². The topological polar surface area (TPSA) is 142 Å². The van der Waals surface area contributed by atoms with E-state index in [1.165, 1.54) is 12.1 Å². The summed E-state index contributed by atoms with van der Waals surface area (Å²) in [6.07, 6.45) is 8.23. The molecule has 1 fully saturated rings. The lowest BCUT2D eigenvalue weighted by Crippen LogP contribution is -2.26. The molecule has 1 aliphatic rings. The summed E-state index contributed by atoms with van der Waals surface area (Å²) in [7, 11) is -6.89. The normalized spacial score (nSPS) is 13.7. The molecule has 2 aromatic carbocycles. The first-order chi connectivity index (χ1) is 17.2. The molecule has 0 bridgehead atoms. The van der Waals surface area contributed by atoms with Gasteiger partial charge in [0.25, 0.3) is 0 Å². The van der Waals surface area contributed by atoms with Crippen molar-refractivity contribution < 1.29 is 16.8 Å². The molecule has 0 saturated heterocycles. The number of aromatic nitrogens is 2. The van der Waals surface area contributed by atoms with Crippen molar-refractivity contribution in [2.45, 2.75) is 36.5 Å². The Morgan fingerprint density at radius 1 is 0.944 bits per heavy atom. The number of rotatable bonds is 11. The second-order valence-electron chi connectivity index (χ2n) is 8.29. The summed E-state index contributed by atoms with van der Waals surface area (Å²) in [5.74, 6) is 3.15. The molecule has 1 aliphatic carbocycles. The minimum Gasteiger partial charge on any atom is -0.340 e. The van der Waals surface area contributed by atoms with Gasteiger partial charge in [-0.3, -0.25) is 0 Å². The van der Waals surface area contributed by atoms with Crippen LogP contribution >= 0.6 is 0 Å². The van der Waals surface area contributed by atoms with Crippen LogP contribution in [0.5, 0.6) is 0 Å². The summed E-state index contributed by atoms with van der Waals surface area (Å²) in [4.78, 5) is 8.90. The van der Waals surface area contributed by atoms with Crippen LogP contribution in [0, 0.1) is 19.3 Å². The first-order valence-electron chi connectivity index (χ1n) is 11.1. The SMILES string of the molecule is C#CCNS(=O)(=O)c1ccc(Nc2ncc(C)c(Nc3ccc(CNS(=O)(=O)C4CC4)cc3)n2)cc1. The van der Waals surface area contributed by atoms with Gasteiger partial charge in [0.1, 0.15) is 5.82 Å². The lowest BCUT2D eigenvalue weighted by molar-refractivity contribution is 0.579. The van der Waals surface area contributed by atoms with E-state index in [0.717, 1.165) is 29.7 Å². The van der Waals surface area contributed by atoms with Crippen LogP contribution in [0.15, 0.2) is 59.6 Å². The third kappa shape index (κ3) is 6.58. The van der Waals surface area contributed by atoms with E-state index < -0.39 is 20.0 Å². The van der Waals surface area contributed by atoms with Crippen LogP contribution in [0.2, 0.25) is 0 Å². The second-order valence-corrected chi connectivity index (χ2v) is 12.1. The fourth-order valence-corrected chi connectivity index (χ4v) is 5.51. The van der Waals surface area contributed by atoms with Crippen molar-refractivity contribution >= 4 is 43.2 Å². The smallest absolute Gasteiger partial charge is 0.241 e. The van der Waals surface area contributed by atoms with E-state index in [0.29, 0.717) is 17.5 Å². The number of benzene rings is 2. The number of terminal acetylenes is 1. The number of nitrogens with one attached hydrogen (secondary N) is 4. The van der Waals surface area contributed by atoms with Crippen molar-refractivity contribution in [1.82, 2.24) is 19.4 Å². The number of anilines is 4. The summed E-state index contributed by atoms with van der Waals surface area (Å²) >= 11 is 0. The molecular weight excluding hydrogens is 500 g/mol. The van der Waals surface area contributed by atoms with E-state index in [-0.39, 0.29) is 23.2 Å². The lowest BCUT2D eigenvalue weighted by Gasteiger charge is -2.12. The maximum absolute atomic E-state index is 12.2. The third-order valence-corrected chi connectivity index (χ3v) is 8.73. The molecule has 0 unspecified atom stereocenters. The fraction of sp³-hybridized carbons (Fsp3) is 0.250. The van der Waals surface area contributed by atoms with Crippen LogP contribution in [0.25, 0.3) is 0 Å². The molecule has 1 heterocycles. The Morgan fingerprint density at radius 3 is 2.22 bits per heavy atom. The summed E-state index contributed by atoms with van der Waals surface area (Å²) in [5, 5.41) is 6.05. The predicted molar refractivity (Wildman–Crippen MR) is 139 cm³/mol.